The van der Waals surface area contributed by atoms with Gasteiger partial charge in [0.25, 0.3) is 0 Å². The van der Waals surface area contributed by atoms with Crippen LogP contribution in [0.25, 0.3) is 0 Å². The maximum atomic E-state index is 5.39. The number of furan rings is 1. The van der Waals surface area contributed by atoms with Crippen LogP contribution in [0.3, 0.4) is 0 Å². The van der Waals surface area contributed by atoms with Crippen LogP contribution in [0, 0.1) is 0 Å². The lowest BCUT2D eigenvalue weighted by Gasteiger charge is -2.48. The van der Waals surface area contributed by atoms with Gasteiger partial charge < -0.3 is 15.1 Å². The van der Waals surface area contributed by atoms with Crippen LogP contribution in [-0.4, -0.2) is 61.1 Å². The van der Waals surface area contributed by atoms with Crippen molar-refractivity contribution in [3.8, 4) is 0 Å². The molecule has 0 unspecified atom stereocenters. The van der Waals surface area contributed by atoms with E-state index in [1.54, 1.807) is 6.26 Å². The van der Waals surface area contributed by atoms with Crippen molar-refractivity contribution >= 4 is 17.7 Å². The maximum Gasteiger partial charge on any atom is 0.191 e. The topological polar surface area (TPSA) is 52.8 Å². The van der Waals surface area contributed by atoms with Crippen LogP contribution in [0.5, 0.6) is 0 Å². The molecule has 140 valence electrons. The highest BCUT2D eigenvalue weighted by molar-refractivity contribution is 7.99. The molecule has 1 aromatic rings. The monoisotopic (exact) mass is 364 g/mol. The fraction of sp³-hybridized carbons (Fsp3) is 0.737. The van der Waals surface area contributed by atoms with E-state index in [1.807, 2.05) is 19.2 Å². The predicted molar refractivity (Wildman–Crippen MR) is 106 cm³/mol. The zero-order valence-corrected chi connectivity index (χ0v) is 16.2. The molecule has 1 aliphatic carbocycles. The van der Waals surface area contributed by atoms with Gasteiger partial charge in [0.2, 0.25) is 0 Å². The normalized spacial score (nSPS) is 21.9. The molecule has 25 heavy (non-hydrogen) atoms. The molecule has 0 aromatic carbocycles. The zero-order chi connectivity index (χ0) is 17.4. The largest absolute Gasteiger partial charge is 0.469 e. The van der Waals surface area contributed by atoms with Gasteiger partial charge in [-0.05, 0) is 25.0 Å². The van der Waals surface area contributed by atoms with E-state index in [0.29, 0.717) is 5.54 Å². The Morgan fingerprint density at radius 2 is 2.04 bits per heavy atom. The van der Waals surface area contributed by atoms with Crippen molar-refractivity contribution < 1.29 is 4.42 Å². The van der Waals surface area contributed by atoms with Crippen molar-refractivity contribution in [2.45, 2.75) is 44.1 Å². The minimum Gasteiger partial charge on any atom is -0.469 e. The maximum absolute atomic E-state index is 5.39. The second-order valence-electron chi connectivity index (χ2n) is 7.07. The number of hydrogen-bond acceptors (Lipinski definition) is 4. The first-order valence-corrected chi connectivity index (χ1v) is 10.8. The summed E-state index contributed by atoms with van der Waals surface area (Å²) in [5.41, 5.74) is 0.317. The highest BCUT2D eigenvalue weighted by atomic mass is 32.2. The molecule has 1 aliphatic heterocycles. The van der Waals surface area contributed by atoms with Crippen molar-refractivity contribution in [2.24, 2.45) is 4.99 Å². The average molecular weight is 365 g/mol. The molecule has 2 heterocycles. The van der Waals surface area contributed by atoms with E-state index < -0.39 is 0 Å². The second-order valence-corrected chi connectivity index (χ2v) is 8.29. The van der Waals surface area contributed by atoms with E-state index in [4.69, 9.17) is 4.42 Å². The molecule has 0 bridgehead atoms. The van der Waals surface area contributed by atoms with Gasteiger partial charge in [0, 0.05) is 56.7 Å². The summed E-state index contributed by atoms with van der Waals surface area (Å²) in [6, 6.07) is 3.95. The molecule has 2 aliphatic rings. The Kier molecular flexibility index (Phi) is 7.11. The summed E-state index contributed by atoms with van der Waals surface area (Å²) in [5.74, 6) is 4.47. The Labute approximate surface area is 156 Å². The smallest absolute Gasteiger partial charge is 0.191 e. The van der Waals surface area contributed by atoms with E-state index in [9.17, 15) is 0 Å². The number of nitrogens with zero attached hydrogens (tertiary/aromatic N) is 2. The van der Waals surface area contributed by atoms with Crippen molar-refractivity contribution in [2.75, 3.05) is 44.7 Å². The molecule has 1 saturated carbocycles. The molecule has 3 rings (SSSR count). The van der Waals surface area contributed by atoms with Crippen LogP contribution in [0.2, 0.25) is 0 Å². The molecule has 2 N–H and O–H groups in total. The first kappa shape index (κ1) is 18.6. The first-order chi connectivity index (χ1) is 12.3. The highest BCUT2D eigenvalue weighted by Gasteiger charge is 2.38. The Morgan fingerprint density at radius 3 is 2.72 bits per heavy atom. The first-order valence-electron chi connectivity index (χ1n) is 9.62. The van der Waals surface area contributed by atoms with Crippen molar-refractivity contribution in [3.05, 3.63) is 24.2 Å². The molecule has 6 heteroatoms. The van der Waals surface area contributed by atoms with E-state index in [1.165, 1.54) is 56.7 Å². The third-order valence-electron chi connectivity index (χ3n) is 5.52. The van der Waals surface area contributed by atoms with Crippen molar-refractivity contribution in [1.29, 1.82) is 0 Å². The van der Waals surface area contributed by atoms with Gasteiger partial charge in [-0.1, -0.05) is 19.3 Å². The lowest BCUT2D eigenvalue weighted by Crippen LogP contribution is -2.59. The van der Waals surface area contributed by atoms with Gasteiger partial charge in [-0.3, -0.25) is 9.89 Å². The van der Waals surface area contributed by atoms with Crippen molar-refractivity contribution in [3.63, 3.8) is 0 Å². The molecule has 1 aromatic heterocycles. The van der Waals surface area contributed by atoms with Crippen LogP contribution in [0.15, 0.2) is 27.8 Å². The predicted octanol–water partition coefficient (Wildman–Crippen LogP) is 2.74. The molecule has 5 nitrogen and oxygen atoms in total. The summed E-state index contributed by atoms with van der Waals surface area (Å²) in [7, 11) is 1.85. The van der Waals surface area contributed by atoms with Gasteiger partial charge in [0.15, 0.2) is 5.96 Å². The molecule has 1 saturated heterocycles. The van der Waals surface area contributed by atoms with E-state index in [2.05, 4.69) is 32.3 Å². The number of guanidine groups is 1. The third kappa shape index (κ3) is 5.17. The van der Waals surface area contributed by atoms with Gasteiger partial charge in [-0.25, -0.2) is 0 Å². The summed E-state index contributed by atoms with van der Waals surface area (Å²) in [6.07, 6.45) is 9.34. The fourth-order valence-corrected chi connectivity index (χ4v) is 4.98. The average Bonchev–Trinajstić information content (AvgIpc) is 3.19. The molecule has 0 spiro atoms. The van der Waals surface area contributed by atoms with Crippen LogP contribution in [0.4, 0.5) is 0 Å². The summed E-state index contributed by atoms with van der Waals surface area (Å²) in [4.78, 5) is 7.16. The lowest BCUT2D eigenvalue weighted by molar-refractivity contribution is 0.0626. The third-order valence-corrected chi connectivity index (χ3v) is 6.46. The highest BCUT2D eigenvalue weighted by Crippen LogP contribution is 2.34. The standard InChI is InChI=1S/C19H32N4OS/c1-20-18(21-10-7-17-6-5-13-24-17)22-16-19(8-3-2-4-9-19)23-11-14-25-15-12-23/h5-6,13H,2-4,7-12,14-16H2,1H3,(H2,20,21,22). The van der Waals surface area contributed by atoms with Gasteiger partial charge in [0.05, 0.1) is 6.26 Å². The molecular weight excluding hydrogens is 332 g/mol. The van der Waals surface area contributed by atoms with Gasteiger partial charge in [0.1, 0.15) is 5.76 Å². The quantitative estimate of drug-likeness (QED) is 0.600. The summed E-state index contributed by atoms with van der Waals surface area (Å²) >= 11 is 2.09. The van der Waals surface area contributed by atoms with E-state index >= 15 is 0 Å². The number of aliphatic imine (C=N–C) groups is 1. The van der Waals surface area contributed by atoms with Crippen LogP contribution in [0.1, 0.15) is 37.9 Å². The van der Waals surface area contributed by atoms with Crippen LogP contribution in [-0.2, 0) is 6.42 Å². The Balaban J connectivity index is 1.51. The minimum absolute atomic E-state index is 0.317. The van der Waals surface area contributed by atoms with Gasteiger partial charge >= 0.3 is 0 Å². The molecule has 2 fully saturated rings. The second kappa shape index (κ2) is 9.53. The number of nitrogens with one attached hydrogen (secondary N) is 2. The Morgan fingerprint density at radius 1 is 1.24 bits per heavy atom. The molecule has 0 atom stereocenters. The van der Waals surface area contributed by atoms with E-state index in [0.717, 1.165) is 31.2 Å². The lowest BCUT2D eigenvalue weighted by atomic mass is 9.80. The summed E-state index contributed by atoms with van der Waals surface area (Å²) in [6.45, 7) is 4.30. The number of thioether (sulfide) groups is 1. The van der Waals surface area contributed by atoms with E-state index in [-0.39, 0.29) is 0 Å². The Bertz CT molecular complexity index is 520. The van der Waals surface area contributed by atoms with Crippen molar-refractivity contribution in [1.82, 2.24) is 15.5 Å². The van der Waals surface area contributed by atoms with Gasteiger partial charge in [-0.15, -0.1) is 0 Å². The van der Waals surface area contributed by atoms with Crippen LogP contribution >= 0.6 is 11.8 Å². The number of rotatable bonds is 6. The van der Waals surface area contributed by atoms with Gasteiger partial charge in [-0.2, -0.15) is 11.8 Å². The fourth-order valence-electron chi connectivity index (χ4n) is 4.08. The molecular formula is C19H32N4OS. The molecule has 0 amide bonds. The SMILES string of the molecule is CN=C(NCCc1ccco1)NCC1(N2CCSCC2)CCCCC1. The minimum atomic E-state index is 0.317. The summed E-state index contributed by atoms with van der Waals surface area (Å²) in [5, 5.41) is 7.04. The summed E-state index contributed by atoms with van der Waals surface area (Å²) < 4.78 is 5.39. The molecule has 0 radical (unpaired) electrons. The van der Waals surface area contributed by atoms with Crippen LogP contribution < -0.4 is 10.6 Å². The number of hydrogen-bond donors (Lipinski definition) is 2. The zero-order valence-electron chi connectivity index (χ0n) is 15.4. The Hall–Kier alpha value is -1.14.